The molecule has 1 heterocycles. The van der Waals surface area contributed by atoms with E-state index in [-0.39, 0.29) is 11.2 Å². The van der Waals surface area contributed by atoms with Gasteiger partial charge >= 0.3 is 0 Å². The lowest BCUT2D eigenvalue weighted by molar-refractivity contribution is 0.301. The minimum Gasteiger partial charge on any atom is -0.508 e. The summed E-state index contributed by atoms with van der Waals surface area (Å²) in [6.07, 6.45) is 3.32. The fourth-order valence-corrected chi connectivity index (χ4v) is 2.09. The minimum atomic E-state index is -0.161. The molecule has 2 aromatic carbocycles. The van der Waals surface area contributed by atoms with Gasteiger partial charge in [-0.05, 0) is 29.8 Å². The molecule has 0 unspecified atom stereocenters. The minimum absolute atomic E-state index is 0.161. The van der Waals surface area contributed by atoms with Gasteiger partial charge in [0.05, 0.1) is 6.20 Å². The number of benzene rings is 2. The molecule has 0 saturated carbocycles. The number of aromatic nitrogens is 1. The number of phenols is 1. The Balaban J connectivity index is 1.84. The Labute approximate surface area is 127 Å². The Morgan fingerprint density at radius 3 is 2.41 bits per heavy atom. The second-order valence-corrected chi connectivity index (χ2v) is 4.87. The molecule has 0 aliphatic carbocycles. The first-order valence-electron chi connectivity index (χ1n) is 6.91. The van der Waals surface area contributed by atoms with Crippen LogP contribution in [0, 0.1) is 0 Å². The van der Waals surface area contributed by atoms with Gasteiger partial charge in [0.25, 0.3) is 0 Å². The molecule has 3 rings (SSSR count). The largest absolute Gasteiger partial charge is 0.508 e. The van der Waals surface area contributed by atoms with Crippen LogP contribution >= 0.6 is 0 Å². The molecular weight excluding hydrogens is 278 g/mol. The van der Waals surface area contributed by atoms with Gasteiger partial charge in [-0.15, -0.1) is 0 Å². The van der Waals surface area contributed by atoms with Gasteiger partial charge in [0, 0.05) is 18.0 Å². The van der Waals surface area contributed by atoms with Crippen LogP contribution < -0.4 is 10.2 Å². The Bertz CT molecular complexity index is 808. The zero-order valence-electron chi connectivity index (χ0n) is 11.8. The van der Waals surface area contributed by atoms with Crippen LogP contribution in [0.2, 0.25) is 0 Å². The molecule has 110 valence electrons. The lowest BCUT2D eigenvalue weighted by Crippen LogP contribution is -2.10. The van der Waals surface area contributed by atoms with Crippen LogP contribution in [-0.2, 0) is 6.61 Å². The highest BCUT2D eigenvalue weighted by Gasteiger charge is 2.04. The number of rotatable bonds is 4. The summed E-state index contributed by atoms with van der Waals surface area (Å²) in [7, 11) is 0. The Kier molecular flexibility index (Phi) is 3.92. The summed E-state index contributed by atoms with van der Waals surface area (Å²) in [4.78, 5) is 11.9. The van der Waals surface area contributed by atoms with E-state index in [1.807, 2.05) is 30.3 Å². The maximum absolute atomic E-state index is 11.9. The van der Waals surface area contributed by atoms with Crippen molar-refractivity contribution < 1.29 is 9.84 Å². The quantitative estimate of drug-likeness (QED) is 0.804. The number of nitrogens with zero attached hydrogens (tertiary/aromatic N) is 1. The molecule has 1 N–H and O–H groups in total. The number of pyridine rings is 1. The summed E-state index contributed by atoms with van der Waals surface area (Å²) in [5.41, 5.74) is 1.68. The molecule has 1 aromatic heterocycles. The summed E-state index contributed by atoms with van der Waals surface area (Å²) in [6.45, 7) is 0.343. The standard InChI is InChI=1S/C18H15NO3/c20-16-8-6-15(7-9-16)19-11-10-17(21)18(12-19)22-13-14-4-2-1-3-5-14/h1-12,20H,13H2. The summed E-state index contributed by atoms with van der Waals surface area (Å²) < 4.78 is 7.40. The molecule has 0 fully saturated rings. The summed E-state index contributed by atoms with van der Waals surface area (Å²) in [5.74, 6) is 0.491. The molecule has 0 radical (unpaired) electrons. The third kappa shape index (κ3) is 3.17. The predicted octanol–water partition coefficient (Wildman–Crippen LogP) is 3.12. The normalized spacial score (nSPS) is 10.4. The maximum atomic E-state index is 11.9. The monoisotopic (exact) mass is 293 g/mol. The smallest absolute Gasteiger partial charge is 0.223 e. The Hall–Kier alpha value is -3.01. The van der Waals surface area contributed by atoms with Crippen molar-refractivity contribution in [1.29, 1.82) is 0 Å². The first-order chi connectivity index (χ1) is 10.7. The van der Waals surface area contributed by atoms with E-state index in [4.69, 9.17) is 4.74 Å². The molecule has 22 heavy (non-hydrogen) atoms. The van der Waals surface area contributed by atoms with Crippen LogP contribution in [0.1, 0.15) is 5.56 Å². The molecule has 0 saturated heterocycles. The molecule has 0 bridgehead atoms. The number of hydrogen-bond donors (Lipinski definition) is 1. The molecule has 4 nitrogen and oxygen atoms in total. The van der Waals surface area contributed by atoms with E-state index < -0.39 is 0 Å². The summed E-state index contributed by atoms with van der Waals surface area (Å²) in [5, 5.41) is 9.33. The highest BCUT2D eigenvalue weighted by Crippen LogP contribution is 2.15. The van der Waals surface area contributed by atoms with E-state index in [2.05, 4.69) is 0 Å². The van der Waals surface area contributed by atoms with Crippen molar-refractivity contribution in [2.24, 2.45) is 0 Å². The Morgan fingerprint density at radius 2 is 1.68 bits per heavy atom. The van der Waals surface area contributed by atoms with Crippen LogP contribution in [-0.4, -0.2) is 9.67 Å². The summed E-state index contributed by atoms with van der Waals surface area (Å²) >= 11 is 0. The van der Waals surface area contributed by atoms with Gasteiger partial charge in [-0.1, -0.05) is 30.3 Å². The van der Waals surface area contributed by atoms with Crippen LogP contribution in [0.4, 0.5) is 0 Å². The van der Waals surface area contributed by atoms with Gasteiger partial charge in [-0.2, -0.15) is 0 Å². The van der Waals surface area contributed by atoms with Crippen molar-refractivity contribution in [3.63, 3.8) is 0 Å². The molecule has 0 aliphatic rings. The third-order valence-corrected chi connectivity index (χ3v) is 3.27. The van der Waals surface area contributed by atoms with Crippen molar-refractivity contribution in [3.05, 3.63) is 88.8 Å². The SMILES string of the molecule is O=c1ccn(-c2ccc(O)cc2)cc1OCc1ccccc1. The molecular formula is C18H15NO3. The maximum Gasteiger partial charge on any atom is 0.223 e. The molecule has 4 heteroatoms. The van der Waals surface area contributed by atoms with Crippen LogP contribution in [0.25, 0.3) is 5.69 Å². The van der Waals surface area contributed by atoms with Gasteiger partial charge in [0.2, 0.25) is 5.43 Å². The van der Waals surface area contributed by atoms with E-state index >= 15 is 0 Å². The highest BCUT2D eigenvalue weighted by atomic mass is 16.5. The van der Waals surface area contributed by atoms with Crippen molar-refractivity contribution in [1.82, 2.24) is 4.57 Å². The lowest BCUT2D eigenvalue weighted by Gasteiger charge is -2.10. The van der Waals surface area contributed by atoms with Gasteiger partial charge in [0.1, 0.15) is 12.4 Å². The summed E-state index contributed by atoms with van der Waals surface area (Å²) in [6, 6.07) is 17.9. The second kappa shape index (κ2) is 6.18. The van der Waals surface area contributed by atoms with Crippen molar-refractivity contribution in [2.45, 2.75) is 6.61 Å². The van der Waals surface area contributed by atoms with Gasteiger partial charge in [0.15, 0.2) is 5.75 Å². The number of phenolic OH excluding ortho intramolecular Hbond substituents is 1. The third-order valence-electron chi connectivity index (χ3n) is 3.27. The van der Waals surface area contributed by atoms with E-state index in [0.717, 1.165) is 11.3 Å². The zero-order valence-corrected chi connectivity index (χ0v) is 11.8. The van der Waals surface area contributed by atoms with Gasteiger partial charge < -0.3 is 14.4 Å². The topological polar surface area (TPSA) is 51.5 Å². The first kappa shape index (κ1) is 13.9. The predicted molar refractivity (Wildman–Crippen MR) is 84.5 cm³/mol. The zero-order chi connectivity index (χ0) is 15.4. The van der Waals surface area contributed by atoms with E-state index in [9.17, 15) is 9.90 Å². The van der Waals surface area contributed by atoms with Gasteiger partial charge in [-0.25, -0.2) is 0 Å². The van der Waals surface area contributed by atoms with E-state index in [0.29, 0.717) is 12.4 Å². The van der Waals surface area contributed by atoms with Crippen LogP contribution in [0.15, 0.2) is 77.9 Å². The molecule has 0 amide bonds. The number of ether oxygens (including phenoxy) is 1. The lowest BCUT2D eigenvalue weighted by atomic mass is 10.2. The fourth-order valence-electron chi connectivity index (χ4n) is 2.09. The molecule has 0 spiro atoms. The average molecular weight is 293 g/mol. The van der Waals surface area contributed by atoms with Crippen molar-refractivity contribution in [3.8, 4) is 17.2 Å². The highest BCUT2D eigenvalue weighted by molar-refractivity contribution is 5.38. The van der Waals surface area contributed by atoms with E-state index in [1.54, 1.807) is 41.2 Å². The number of aromatic hydroxyl groups is 1. The molecule has 0 atom stereocenters. The van der Waals surface area contributed by atoms with Crippen LogP contribution in [0.3, 0.4) is 0 Å². The number of hydrogen-bond acceptors (Lipinski definition) is 3. The second-order valence-electron chi connectivity index (χ2n) is 4.87. The molecule has 3 aromatic rings. The first-order valence-corrected chi connectivity index (χ1v) is 6.91. The Morgan fingerprint density at radius 1 is 0.955 bits per heavy atom. The fraction of sp³-hybridized carbons (Fsp3) is 0.0556. The average Bonchev–Trinajstić information content (AvgIpc) is 2.56. The van der Waals surface area contributed by atoms with E-state index in [1.165, 1.54) is 6.07 Å². The van der Waals surface area contributed by atoms with Gasteiger partial charge in [-0.3, -0.25) is 4.79 Å². The molecule has 0 aliphatic heterocycles. The van der Waals surface area contributed by atoms with Crippen LogP contribution in [0.5, 0.6) is 11.5 Å². The van der Waals surface area contributed by atoms with Crippen molar-refractivity contribution in [2.75, 3.05) is 0 Å². The van der Waals surface area contributed by atoms with Crippen molar-refractivity contribution >= 4 is 0 Å².